The van der Waals surface area contributed by atoms with Crippen LogP contribution in [0.2, 0.25) is 0 Å². The molecule has 17 nitrogen and oxygen atoms in total. The lowest BCUT2D eigenvalue weighted by Gasteiger charge is -2.34. The summed E-state index contributed by atoms with van der Waals surface area (Å²) < 4.78 is 46.8. The second-order valence-corrected chi connectivity index (χ2v) is 17.5. The summed E-state index contributed by atoms with van der Waals surface area (Å²) in [4.78, 5) is 53.2. The van der Waals surface area contributed by atoms with Crippen LogP contribution in [0.1, 0.15) is 104 Å². The van der Waals surface area contributed by atoms with E-state index in [1.165, 1.54) is 30.8 Å². The van der Waals surface area contributed by atoms with Gasteiger partial charge in [0.05, 0.1) is 36.9 Å². The normalized spacial score (nSPS) is 26.5. The molecule has 0 spiro atoms. The number of aromatic nitrogens is 3. The van der Waals surface area contributed by atoms with Crippen molar-refractivity contribution in [3.63, 3.8) is 0 Å². The Bertz CT molecular complexity index is 1940. The zero-order valence-electron chi connectivity index (χ0n) is 39.2. The molecule has 6 bridgehead atoms. The minimum atomic E-state index is -1.03. The Balaban J connectivity index is 1.55. The Morgan fingerprint density at radius 3 is 2.28 bits per heavy atom. The number of nitrogens with zero attached hydrogens (tertiary/aromatic N) is 4. The van der Waals surface area contributed by atoms with Crippen molar-refractivity contribution >= 4 is 24.2 Å². The fourth-order valence-electron chi connectivity index (χ4n) is 8.46. The van der Waals surface area contributed by atoms with E-state index in [4.69, 9.17) is 36.9 Å². The van der Waals surface area contributed by atoms with Crippen molar-refractivity contribution in [1.82, 2.24) is 19.9 Å². The van der Waals surface area contributed by atoms with E-state index in [1.54, 1.807) is 40.7 Å². The SMILES string of the molecule is COC(CC1OC(=O)CC(O)CC(C)CC(O)C(C)C(OC)c2coc(n2)-c2coc(n2)-c2coc(n2)C=CCC(OC)C1C)C(C)CCC(=O)C(C)C(OC)C(C)C=CN(C)C=O. The smallest absolute Gasteiger partial charge is 0.308 e. The number of aliphatic hydroxyl groups excluding tert-OH is 2. The highest BCUT2D eigenvalue weighted by atomic mass is 16.6. The van der Waals surface area contributed by atoms with Gasteiger partial charge in [-0.25, -0.2) is 15.0 Å². The fourth-order valence-corrected chi connectivity index (χ4v) is 8.46. The van der Waals surface area contributed by atoms with E-state index in [-0.39, 0.29) is 66.6 Å². The van der Waals surface area contributed by atoms with Gasteiger partial charge < -0.3 is 52.0 Å². The predicted molar refractivity (Wildman–Crippen MR) is 236 cm³/mol. The van der Waals surface area contributed by atoms with Gasteiger partial charge in [0, 0.05) is 78.2 Å². The van der Waals surface area contributed by atoms with Crippen molar-refractivity contribution in [2.24, 2.45) is 35.5 Å². The molecule has 356 valence electrons. The van der Waals surface area contributed by atoms with Crippen LogP contribution >= 0.6 is 0 Å². The van der Waals surface area contributed by atoms with Gasteiger partial charge in [0.1, 0.15) is 42.5 Å². The highest BCUT2D eigenvalue weighted by Crippen LogP contribution is 2.34. The zero-order chi connectivity index (χ0) is 47.1. The number of ketones is 1. The number of Topliss-reactive ketones (excluding diaryl/α,β-unsaturated/α-hetero) is 1. The highest BCUT2D eigenvalue weighted by molar-refractivity contribution is 5.81. The van der Waals surface area contributed by atoms with Crippen LogP contribution in [0, 0.1) is 35.5 Å². The van der Waals surface area contributed by atoms with Crippen LogP contribution < -0.4 is 0 Å². The third-order valence-electron chi connectivity index (χ3n) is 12.6. The summed E-state index contributed by atoms with van der Waals surface area (Å²) >= 11 is 0. The first-order valence-electron chi connectivity index (χ1n) is 22.1. The number of oxazole rings is 3. The Kier molecular flexibility index (Phi) is 20.6. The van der Waals surface area contributed by atoms with E-state index < -0.39 is 54.4 Å². The third kappa shape index (κ3) is 14.5. The molecule has 0 aliphatic carbocycles. The minimum Gasteiger partial charge on any atom is -0.462 e. The monoisotopic (exact) mass is 898 g/mol. The van der Waals surface area contributed by atoms with E-state index >= 15 is 0 Å². The summed E-state index contributed by atoms with van der Waals surface area (Å²) in [6.07, 6.45) is 9.48. The van der Waals surface area contributed by atoms with Crippen LogP contribution in [0.5, 0.6) is 0 Å². The average Bonchev–Trinajstić information content (AvgIpc) is 4.07. The number of rotatable bonds is 16. The topological polar surface area (TPSA) is 219 Å². The van der Waals surface area contributed by atoms with Crippen molar-refractivity contribution < 1.29 is 61.5 Å². The van der Waals surface area contributed by atoms with Crippen LogP contribution in [-0.4, -0.2) is 120 Å². The molecule has 1 amide bonds. The lowest BCUT2D eigenvalue weighted by atomic mass is 9.84. The standard InChI is InChI=1S/C47H70N4O13/c1-27-19-33(53)21-43(56)64-41(22-40(58-9)28(2)15-16-37(54)30(4)44(59-10)29(3)17-18-51(7)26-52)32(6)39(57-8)13-12-14-42-48-35(24-61-42)46-50-36(25-63-46)47-49-34(23-62-47)45(60-11)31(5)38(55)20-27/h12,14,17-18,23-33,38-41,44-45,53,55H,13,15-16,19-22H2,1-11H3. The molecular weight excluding hydrogens is 829 g/mol. The molecule has 2 N–H and O–H groups in total. The molecule has 0 saturated heterocycles. The molecule has 1 aliphatic rings. The molecular formula is C47H70N4O13. The van der Waals surface area contributed by atoms with Crippen LogP contribution in [-0.2, 0) is 38.1 Å². The first kappa shape index (κ1) is 52.1. The van der Waals surface area contributed by atoms with Crippen molar-refractivity contribution in [3.8, 4) is 23.2 Å². The molecule has 17 heteroatoms. The fraction of sp³-hybridized carbons (Fsp3) is 0.660. The van der Waals surface area contributed by atoms with Gasteiger partial charge in [0.25, 0.3) is 0 Å². The molecule has 3 aromatic heterocycles. The van der Waals surface area contributed by atoms with Crippen molar-refractivity contribution in [1.29, 1.82) is 0 Å². The van der Waals surface area contributed by atoms with E-state index in [0.717, 1.165) is 0 Å². The Labute approximate surface area is 376 Å². The molecule has 13 unspecified atom stereocenters. The quantitative estimate of drug-likeness (QED) is 0.108. The van der Waals surface area contributed by atoms with Crippen molar-refractivity contribution in [2.75, 3.05) is 35.5 Å². The Hall–Kier alpha value is -4.52. The number of cyclic esters (lactones) is 1. The van der Waals surface area contributed by atoms with Gasteiger partial charge in [0.2, 0.25) is 24.1 Å². The summed E-state index contributed by atoms with van der Waals surface area (Å²) in [5, 5.41) is 22.5. The lowest BCUT2D eigenvalue weighted by Crippen LogP contribution is -2.39. The van der Waals surface area contributed by atoms with Crippen LogP contribution in [0.15, 0.2) is 50.4 Å². The summed E-state index contributed by atoms with van der Waals surface area (Å²) in [5.74, 6) is -1.41. The van der Waals surface area contributed by atoms with Gasteiger partial charge in [-0.3, -0.25) is 14.4 Å². The van der Waals surface area contributed by atoms with Gasteiger partial charge >= 0.3 is 5.97 Å². The summed E-state index contributed by atoms with van der Waals surface area (Å²) in [6.45, 7) is 11.5. The number of carbonyl (C=O) groups is 3. The molecule has 0 saturated carbocycles. The second-order valence-electron chi connectivity index (χ2n) is 17.5. The van der Waals surface area contributed by atoms with Crippen molar-refractivity contribution in [2.45, 2.75) is 129 Å². The van der Waals surface area contributed by atoms with Crippen LogP contribution in [0.25, 0.3) is 29.2 Å². The number of ether oxygens (including phenoxy) is 5. The average molecular weight is 899 g/mol. The van der Waals surface area contributed by atoms with E-state index in [2.05, 4.69) is 15.0 Å². The van der Waals surface area contributed by atoms with Gasteiger partial charge in [-0.15, -0.1) is 0 Å². The van der Waals surface area contributed by atoms with Gasteiger partial charge in [-0.05, 0) is 43.6 Å². The number of hydrogen-bond donors (Lipinski definition) is 2. The molecule has 0 radical (unpaired) electrons. The summed E-state index contributed by atoms with van der Waals surface area (Å²) in [5.41, 5.74) is 1.16. The van der Waals surface area contributed by atoms with Crippen LogP contribution in [0.4, 0.5) is 0 Å². The molecule has 4 rings (SSSR count). The van der Waals surface area contributed by atoms with Crippen molar-refractivity contribution in [3.05, 3.63) is 48.7 Å². The molecule has 0 aromatic carbocycles. The number of hydrogen-bond acceptors (Lipinski definition) is 16. The predicted octanol–water partition coefficient (Wildman–Crippen LogP) is 7.10. The van der Waals surface area contributed by atoms with Crippen LogP contribution in [0.3, 0.4) is 0 Å². The maximum Gasteiger partial charge on any atom is 0.308 e. The number of carbonyl (C=O) groups excluding carboxylic acids is 3. The third-order valence-corrected chi connectivity index (χ3v) is 12.6. The maximum absolute atomic E-state index is 13.7. The molecule has 13 atom stereocenters. The van der Waals surface area contributed by atoms with E-state index in [9.17, 15) is 24.6 Å². The Morgan fingerprint density at radius 1 is 0.922 bits per heavy atom. The number of fused-ring (bicyclic) bond motifs is 8. The molecule has 0 fully saturated rings. The number of methoxy groups -OCH3 is 4. The second kappa shape index (κ2) is 25.2. The number of amides is 1. The lowest BCUT2D eigenvalue weighted by molar-refractivity contribution is -0.160. The number of esters is 1. The summed E-state index contributed by atoms with van der Waals surface area (Å²) in [7, 11) is 7.94. The largest absolute Gasteiger partial charge is 0.462 e. The Morgan fingerprint density at radius 2 is 1.61 bits per heavy atom. The molecule has 3 aromatic rings. The summed E-state index contributed by atoms with van der Waals surface area (Å²) in [6, 6.07) is 0. The highest BCUT2D eigenvalue weighted by Gasteiger charge is 2.35. The molecule has 64 heavy (non-hydrogen) atoms. The van der Waals surface area contributed by atoms with Gasteiger partial charge in [-0.1, -0.05) is 53.7 Å². The first-order chi connectivity index (χ1) is 30.5. The maximum atomic E-state index is 13.7. The first-order valence-corrected chi connectivity index (χ1v) is 22.1. The van der Waals surface area contributed by atoms with E-state index in [1.807, 2.05) is 53.7 Å². The van der Waals surface area contributed by atoms with Gasteiger partial charge in [0.15, 0.2) is 11.4 Å². The minimum absolute atomic E-state index is 0.0411. The van der Waals surface area contributed by atoms with Gasteiger partial charge in [-0.2, -0.15) is 0 Å². The number of aliphatic hydroxyl groups is 2. The van der Waals surface area contributed by atoms with E-state index in [0.29, 0.717) is 55.1 Å². The zero-order valence-corrected chi connectivity index (χ0v) is 39.2. The molecule has 1 aliphatic heterocycles. The molecule has 4 heterocycles.